The Hall–Kier alpha value is -2.94. The number of hydrogen-bond donors (Lipinski definition) is 3. The Morgan fingerprint density at radius 1 is 1.04 bits per heavy atom. The number of rotatable bonds is 4. The van der Waals surface area contributed by atoms with E-state index in [-0.39, 0.29) is 5.69 Å². The number of nitrogens with one attached hydrogen (secondary N) is 2. The minimum absolute atomic E-state index is 0.0348. The third-order valence-electron chi connectivity index (χ3n) is 3.86. The van der Waals surface area contributed by atoms with Crippen LogP contribution in [0.25, 0.3) is 0 Å². The first-order chi connectivity index (χ1) is 12.5. The molecular weight excluding hydrogens is 368 g/mol. The minimum Gasteiger partial charge on any atom is -0.375 e. The highest BCUT2D eigenvalue weighted by Crippen LogP contribution is 2.38. The van der Waals surface area contributed by atoms with Gasteiger partial charge in [0.1, 0.15) is 5.82 Å². The van der Waals surface area contributed by atoms with Crippen LogP contribution in [-0.4, -0.2) is 29.6 Å². The molecule has 3 N–H and O–H groups in total. The van der Waals surface area contributed by atoms with E-state index in [9.17, 15) is 32.3 Å². The summed E-state index contributed by atoms with van der Waals surface area (Å²) in [5, 5.41) is 13.9. The maximum Gasteiger partial charge on any atom is 0.423 e. The van der Waals surface area contributed by atoms with E-state index in [1.54, 1.807) is 5.32 Å². The molecule has 1 atom stereocenters. The molecule has 27 heavy (non-hydrogen) atoms. The van der Waals surface area contributed by atoms with Gasteiger partial charge in [0.15, 0.2) is 0 Å². The van der Waals surface area contributed by atoms with Crippen molar-refractivity contribution in [3.63, 3.8) is 0 Å². The molecule has 9 heteroatoms. The largest absolute Gasteiger partial charge is 0.423 e. The molecule has 2 aromatic carbocycles. The van der Waals surface area contributed by atoms with E-state index in [4.69, 9.17) is 0 Å². The summed E-state index contributed by atoms with van der Waals surface area (Å²) in [6.45, 7) is 0.226. The van der Waals surface area contributed by atoms with E-state index in [2.05, 4.69) is 5.32 Å². The lowest BCUT2D eigenvalue weighted by Gasteiger charge is -2.31. The molecule has 144 valence electrons. The van der Waals surface area contributed by atoms with Crippen molar-refractivity contribution in [2.45, 2.75) is 18.7 Å². The molecule has 1 unspecified atom stereocenters. The van der Waals surface area contributed by atoms with Gasteiger partial charge in [0.2, 0.25) is 5.60 Å². The number of benzene rings is 2. The first-order valence-corrected chi connectivity index (χ1v) is 7.74. The van der Waals surface area contributed by atoms with E-state index >= 15 is 0 Å². The summed E-state index contributed by atoms with van der Waals surface area (Å²) in [5.41, 5.74) is -3.58. The molecule has 0 saturated heterocycles. The van der Waals surface area contributed by atoms with E-state index in [1.807, 2.05) is 0 Å². The molecule has 2 aromatic rings. The summed E-state index contributed by atoms with van der Waals surface area (Å²) < 4.78 is 53.4. The number of aryl methyl sites for hydroxylation is 1. The molecule has 0 heterocycles. The SMILES string of the molecule is Cc1ccc(NC(=O)C(=O)NCC(O)(c2ccccc2)C(F)(F)F)cc1F. The van der Waals surface area contributed by atoms with Crippen molar-refractivity contribution in [1.82, 2.24) is 5.32 Å². The van der Waals surface area contributed by atoms with E-state index in [0.29, 0.717) is 5.56 Å². The highest BCUT2D eigenvalue weighted by Gasteiger charge is 2.55. The van der Waals surface area contributed by atoms with Gasteiger partial charge in [0.05, 0.1) is 6.54 Å². The van der Waals surface area contributed by atoms with Gasteiger partial charge >= 0.3 is 18.0 Å². The fourth-order valence-electron chi connectivity index (χ4n) is 2.23. The van der Waals surface area contributed by atoms with Crippen LogP contribution in [0.3, 0.4) is 0 Å². The lowest BCUT2D eigenvalue weighted by atomic mass is 9.93. The number of aliphatic hydroxyl groups is 1. The summed E-state index contributed by atoms with van der Waals surface area (Å²) in [6.07, 6.45) is -5.10. The number of anilines is 1. The van der Waals surface area contributed by atoms with Gasteiger partial charge in [-0.05, 0) is 30.2 Å². The number of carbonyl (C=O) groups is 2. The molecule has 0 radical (unpaired) electrons. The highest BCUT2D eigenvalue weighted by molar-refractivity contribution is 6.39. The summed E-state index contributed by atoms with van der Waals surface area (Å²) >= 11 is 0. The monoisotopic (exact) mass is 384 g/mol. The van der Waals surface area contributed by atoms with Crippen molar-refractivity contribution in [2.75, 3.05) is 11.9 Å². The fourth-order valence-corrected chi connectivity index (χ4v) is 2.23. The van der Waals surface area contributed by atoms with Crippen LogP contribution >= 0.6 is 0 Å². The number of carbonyl (C=O) groups excluding carboxylic acids is 2. The van der Waals surface area contributed by atoms with Crippen molar-refractivity contribution in [3.05, 3.63) is 65.5 Å². The van der Waals surface area contributed by atoms with Gasteiger partial charge < -0.3 is 15.7 Å². The summed E-state index contributed by atoms with van der Waals surface area (Å²) in [5.74, 6) is -3.32. The van der Waals surface area contributed by atoms with Gasteiger partial charge in [-0.2, -0.15) is 13.2 Å². The predicted octanol–water partition coefficient (Wildman–Crippen LogP) is 2.64. The summed E-state index contributed by atoms with van der Waals surface area (Å²) in [6, 6.07) is 9.83. The van der Waals surface area contributed by atoms with Crippen molar-refractivity contribution in [2.24, 2.45) is 0 Å². The lowest BCUT2D eigenvalue weighted by molar-refractivity contribution is -0.264. The van der Waals surface area contributed by atoms with E-state index < -0.39 is 41.5 Å². The number of amides is 2. The van der Waals surface area contributed by atoms with Gasteiger partial charge in [0.25, 0.3) is 0 Å². The van der Waals surface area contributed by atoms with Crippen LogP contribution in [-0.2, 0) is 15.2 Å². The molecule has 2 rings (SSSR count). The second-order valence-corrected chi connectivity index (χ2v) is 5.82. The molecule has 0 aliphatic carbocycles. The van der Waals surface area contributed by atoms with Crippen molar-refractivity contribution in [1.29, 1.82) is 0 Å². The topological polar surface area (TPSA) is 78.4 Å². The molecule has 0 saturated carbocycles. The predicted molar refractivity (Wildman–Crippen MR) is 89.2 cm³/mol. The van der Waals surface area contributed by atoms with Crippen LogP contribution in [0.4, 0.5) is 23.2 Å². The Morgan fingerprint density at radius 3 is 2.22 bits per heavy atom. The van der Waals surface area contributed by atoms with Crippen molar-refractivity contribution in [3.8, 4) is 0 Å². The van der Waals surface area contributed by atoms with Gasteiger partial charge in [-0.25, -0.2) is 4.39 Å². The first-order valence-electron chi connectivity index (χ1n) is 7.74. The van der Waals surface area contributed by atoms with Crippen LogP contribution in [0.5, 0.6) is 0 Å². The number of hydrogen-bond acceptors (Lipinski definition) is 3. The Bertz CT molecular complexity index is 840. The molecule has 2 amide bonds. The maximum atomic E-state index is 13.4. The van der Waals surface area contributed by atoms with Crippen LogP contribution in [0, 0.1) is 12.7 Å². The van der Waals surface area contributed by atoms with Gasteiger partial charge in [-0.1, -0.05) is 36.4 Å². The van der Waals surface area contributed by atoms with Crippen LogP contribution < -0.4 is 10.6 Å². The molecule has 0 aliphatic rings. The average Bonchev–Trinajstić information content (AvgIpc) is 2.62. The highest BCUT2D eigenvalue weighted by atomic mass is 19.4. The number of halogens is 4. The zero-order chi connectivity index (χ0) is 20.2. The maximum absolute atomic E-state index is 13.4. The van der Waals surface area contributed by atoms with Crippen molar-refractivity contribution >= 4 is 17.5 Å². The molecule has 0 fully saturated rings. The van der Waals surface area contributed by atoms with Crippen LogP contribution in [0.15, 0.2) is 48.5 Å². The smallest absolute Gasteiger partial charge is 0.375 e. The minimum atomic E-state index is -5.10. The molecule has 0 aromatic heterocycles. The zero-order valence-electron chi connectivity index (χ0n) is 14.1. The molecule has 5 nitrogen and oxygen atoms in total. The average molecular weight is 384 g/mol. The Kier molecular flexibility index (Phi) is 5.85. The Balaban J connectivity index is 2.09. The fraction of sp³-hybridized carbons (Fsp3) is 0.222. The third-order valence-corrected chi connectivity index (χ3v) is 3.86. The second-order valence-electron chi connectivity index (χ2n) is 5.82. The molecule has 0 bridgehead atoms. The molecular formula is C18H16F4N2O3. The Morgan fingerprint density at radius 2 is 1.67 bits per heavy atom. The Labute approximate surface area is 152 Å². The van der Waals surface area contributed by atoms with E-state index in [1.165, 1.54) is 37.3 Å². The zero-order valence-corrected chi connectivity index (χ0v) is 14.1. The van der Waals surface area contributed by atoms with Gasteiger partial charge in [-0.3, -0.25) is 9.59 Å². The molecule has 0 spiro atoms. The summed E-state index contributed by atoms with van der Waals surface area (Å²) in [7, 11) is 0. The molecule has 0 aliphatic heterocycles. The number of alkyl halides is 3. The van der Waals surface area contributed by atoms with Gasteiger partial charge in [-0.15, -0.1) is 0 Å². The normalized spacial score (nSPS) is 13.6. The van der Waals surface area contributed by atoms with E-state index in [0.717, 1.165) is 18.2 Å². The quantitative estimate of drug-likeness (QED) is 0.560. The second kappa shape index (κ2) is 7.75. The van der Waals surface area contributed by atoms with Crippen LogP contribution in [0.2, 0.25) is 0 Å². The standard InChI is InChI=1S/C18H16F4N2O3/c1-11-7-8-13(9-14(11)19)24-16(26)15(25)23-10-17(27,18(20,21)22)12-5-3-2-4-6-12/h2-9,27H,10H2,1H3,(H,23,25)(H,24,26). The van der Waals surface area contributed by atoms with Gasteiger partial charge in [0, 0.05) is 5.69 Å². The third kappa shape index (κ3) is 4.62. The summed E-state index contributed by atoms with van der Waals surface area (Å²) in [4.78, 5) is 23.6. The lowest BCUT2D eigenvalue weighted by Crippen LogP contribution is -2.52. The van der Waals surface area contributed by atoms with Crippen LogP contribution in [0.1, 0.15) is 11.1 Å². The first kappa shape index (κ1) is 20.4. The van der Waals surface area contributed by atoms with Crippen molar-refractivity contribution < 1.29 is 32.3 Å².